The summed E-state index contributed by atoms with van der Waals surface area (Å²) in [6.07, 6.45) is 0. The standard InChI is InChI=1S/C22H27N5O3S/c1-6-26(13-17-10-11-19(29-4)20(12-17)30-5)21(28)14-31-22-23-24-25-27(22)18-9-7-8-15(2)16(18)3/h7-12H,6,13-14H2,1-5H3. The number of ether oxygens (including phenoxy) is 2. The Hall–Kier alpha value is -3.07. The van der Waals surface area contributed by atoms with Crippen molar-refractivity contribution in [2.45, 2.75) is 32.5 Å². The Morgan fingerprint density at radius 1 is 1.13 bits per heavy atom. The first-order valence-electron chi connectivity index (χ1n) is 9.94. The number of carbonyl (C=O) groups excluding carboxylic acids is 1. The highest BCUT2D eigenvalue weighted by Crippen LogP contribution is 2.28. The zero-order chi connectivity index (χ0) is 22.4. The Morgan fingerprint density at radius 3 is 2.61 bits per heavy atom. The Bertz CT molecular complexity index is 1050. The highest BCUT2D eigenvalue weighted by molar-refractivity contribution is 7.99. The number of benzene rings is 2. The van der Waals surface area contributed by atoms with E-state index in [0.29, 0.717) is 29.7 Å². The van der Waals surface area contributed by atoms with Crippen LogP contribution in [0.4, 0.5) is 0 Å². The van der Waals surface area contributed by atoms with E-state index < -0.39 is 0 Å². The van der Waals surface area contributed by atoms with E-state index in [1.807, 2.05) is 57.2 Å². The number of rotatable bonds is 9. The van der Waals surface area contributed by atoms with Gasteiger partial charge in [0.15, 0.2) is 11.5 Å². The number of nitrogens with zero attached hydrogens (tertiary/aromatic N) is 5. The summed E-state index contributed by atoms with van der Waals surface area (Å²) in [6.45, 7) is 7.12. The van der Waals surface area contributed by atoms with Gasteiger partial charge in [0.25, 0.3) is 0 Å². The summed E-state index contributed by atoms with van der Waals surface area (Å²) in [5.41, 5.74) is 4.15. The van der Waals surface area contributed by atoms with Gasteiger partial charge in [-0.05, 0) is 66.1 Å². The highest BCUT2D eigenvalue weighted by atomic mass is 32.2. The molecule has 3 aromatic rings. The normalized spacial score (nSPS) is 10.7. The minimum absolute atomic E-state index is 0.0119. The molecule has 2 aromatic carbocycles. The Kier molecular flexibility index (Phi) is 7.51. The Balaban J connectivity index is 1.69. The Morgan fingerprint density at radius 2 is 1.90 bits per heavy atom. The summed E-state index contributed by atoms with van der Waals surface area (Å²) in [5.74, 6) is 1.56. The fourth-order valence-corrected chi connectivity index (χ4v) is 3.96. The van der Waals surface area contributed by atoms with Gasteiger partial charge in [0.1, 0.15) is 0 Å². The first kappa shape index (κ1) is 22.6. The maximum Gasteiger partial charge on any atom is 0.233 e. The molecule has 8 nitrogen and oxygen atoms in total. The molecule has 3 rings (SSSR count). The van der Waals surface area contributed by atoms with Crippen LogP contribution in [0.5, 0.6) is 11.5 Å². The molecule has 0 N–H and O–H groups in total. The first-order chi connectivity index (χ1) is 15.0. The van der Waals surface area contributed by atoms with Crippen LogP contribution in [-0.4, -0.2) is 57.5 Å². The summed E-state index contributed by atoms with van der Waals surface area (Å²) < 4.78 is 12.3. The molecule has 0 spiro atoms. The maximum atomic E-state index is 12.9. The second-order valence-electron chi connectivity index (χ2n) is 6.98. The molecule has 0 unspecified atom stereocenters. The van der Waals surface area contributed by atoms with Gasteiger partial charge in [-0.1, -0.05) is 30.0 Å². The highest BCUT2D eigenvalue weighted by Gasteiger charge is 2.18. The van der Waals surface area contributed by atoms with Gasteiger partial charge in [-0.25, -0.2) is 0 Å². The van der Waals surface area contributed by atoms with E-state index in [1.54, 1.807) is 23.8 Å². The third kappa shape index (κ3) is 5.16. The SMILES string of the molecule is CCN(Cc1ccc(OC)c(OC)c1)C(=O)CSc1nnnn1-c1cccc(C)c1C. The molecule has 9 heteroatoms. The topological polar surface area (TPSA) is 82.4 Å². The molecule has 0 aliphatic heterocycles. The van der Waals surface area contributed by atoms with Crippen LogP contribution in [0.2, 0.25) is 0 Å². The summed E-state index contributed by atoms with van der Waals surface area (Å²) in [5, 5.41) is 12.6. The van der Waals surface area contributed by atoms with Crippen LogP contribution in [0.15, 0.2) is 41.6 Å². The quantitative estimate of drug-likeness (QED) is 0.471. The molecule has 0 saturated carbocycles. The molecule has 1 aromatic heterocycles. The molecule has 31 heavy (non-hydrogen) atoms. The minimum Gasteiger partial charge on any atom is -0.493 e. The number of aromatic nitrogens is 4. The van der Waals surface area contributed by atoms with Gasteiger partial charge >= 0.3 is 0 Å². The van der Waals surface area contributed by atoms with Crippen molar-refractivity contribution in [3.05, 3.63) is 53.1 Å². The molecule has 0 saturated heterocycles. The molecule has 0 radical (unpaired) electrons. The number of carbonyl (C=O) groups is 1. The average molecular weight is 442 g/mol. The van der Waals surface area contributed by atoms with Crippen molar-refractivity contribution in [2.24, 2.45) is 0 Å². The van der Waals surface area contributed by atoms with Gasteiger partial charge in [-0.3, -0.25) is 4.79 Å². The number of methoxy groups -OCH3 is 2. The zero-order valence-corrected chi connectivity index (χ0v) is 19.3. The smallest absolute Gasteiger partial charge is 0.233 e. The zero-order valence-electron chi connectivity index (χ0n) is 18.5. The monoisotopic (exact) mass is 441 g/mol. The van der Waals surface area contributed by atoms with Crippen LogP contribution in [-0.2, 0) is 11.3 Å². The van der Waals surface area contributed by atoms with E-state index >= 15 is 0 Å². The lowest BCUT2D eigenvalue weighted by molar-refractivity contribution is -0.128. The minimum atomic E-state index is 0.0119. The molecule has 0 fully saturated rings. The maximum absolute atomic E-state index is 12.9. The lowest BCUT2D eigenvalue weighted by Crippen LogP contribution is -2.31. The van der Waals surface area contributed by atoms with Crippen LogP contribution >= 0.6 is 11.8 Å². The van der Waals surface area contributed by atoms with Crippen molar-refractivity contribution in [3.63, 3.8) is 0 Å². The average Bonchev–Trinajstić information content (AvgIpc) is 3.25. The molecule has 164 valence electrons. The van der Waals surface area contributed by atoms with Crippen molar-refractivity contribution in [2.75, 3.05) is 26.5 Å². The molecular formula is C22H27N5O3S. The largest absolute Gasteiger partial charge is 0.493 e. The van der Waals surface area contributed by atoms with E-state index in [-0.39, 0.29) is 11.7 Å². The summed E-state index contributed by atoms with van der Waals surface area (Å²) in [6, 6.07) is 11.7. The number of aryl methyl sites for hydroxylation is 1. The molecule has 1 amide bonds. The molecule has 0 aliphatic carbocycles. The molecular weight excluding hydrogens is 414 g/mol. The number of tetrazole rings is 1. The van der Waals surface area contributed by atoms with E-state index in [4.69, 9.17) is 9.47 Å². The van der Waals surface area contributed by atoms with Gasteiger partial charge < -0.3 is 14.4 Å². The van der Waals surface area contributed by atoms with Crippen LogP contribution < -0.4 is 9.47 Å². The van der Waals surface area contributed by atoms with Crippen molar-refractivity contribution >= 4 is 17.7 Å². The van der Waals surface area contributed by atoms with Gasteiger partial charge in [0.2, 0.25) is 11.1 Å². The third-order valence-corrected chi connectivity index (χ3v) is 6.03. The lowest BCUT2D eigenvalue weighted by atomic mass is 10.1. The van der Waals surface area contributed by atoms with Gasteiger partial charge in [-0.2, -0.15) is 4.68 Å². The second-order valence-corrected chi connectivity index (χ2v) is 7.92. The lowest BCUT2D eigenvalue weighted by Gasteiger charge is -2.21. The summed E-state index contributed by atoms with van der Waals surface area (Å²) in [4.78, 5) is 14.7. The van der Waals surface area contributed by atoms with Crippen molar-refractivity contribution < 1.29 is 14.3 Å². The molecule has 0 aliphatic rings. The van der Waals surface area contributed by atoms with Gasteiger partial charge in [-0.15, -0.1) is 5.10 Å². The predicted molar refractivity (Wildman–Crippen MR) is 120 cm³/mol. The van der Waals surface area contributed by atoms with E-state index in [2.05, 4.69) is 15.5 Å². The Labute approximate surface area is 186 Å². The number of hydrogen-bond acceptors (Lipinski definition) is 7. The molecule has 0 atom stereocenters. The van der Waals surface area contributed by atoms with Crippen LogP contribution in [0.1, 0.15) is 23.6 Å². The van der Waals surface area contributed by atoms with Crippen molar-refractivity contribution in [1.82, 2.24) is 25.1 Å². The third-order valence-electron chi connectivity index (χ3n) is 5.13. The summed E-state index contributed by atoms with van der Waals surface area (Å²) in [7, 11) is 3.20. The fourth-order valence-electron chi connectivity index (χ4n) is 3.18. The van der Waals surface area contributed by atoms with Crippen molar-refractivity contribution in [3.8, 4) is 17.2 Å². The van der Waals surface area contributed by atoms with Gasteiger partial charge in [0, 0.05) is 13.1 Å². The van der Waals surface area contributed by atoms with E-state index in [0.717, 1.165) is 22.4 Å². The van der Waals surface area contributed by atoms with Crippen LogP contribution in [0.3, 0.4) is 0 Å². The van der Waals surface area contributed by atoms with Crippen LogP contribution in [0.25, 0.3) is 5.69 Å². The van der Waals surface area contributed by atoms with Gasteiger partial charge in [0.05, 0.1) is 25.7 Å². The number of amides is 1. The number of thioether (sulfide) groups is 1. The molecule has 1 heterocycles. The van der Waals surface area contributed by atoms with E-state index in [1.165, 1.54) is 11.8 Å². The molecule has 0 bridgehead atoms. The van der Waals surface area contributed by atoms with E-state index in [9.17, 15) is 4.79 Å². The predicted octanol–water partition coefficient (Wildman–Crippen LogP) is 3.44. The van der Waals surface area contributed by atoms with Crippen LogP contribution in [0, 0.1) is 13.8 Å². The number of hydrogen-bond donors (Lipinski definition) is 0. The first-order valence-corrected chi connectivity index (χ1v) is 10.9. The fraction of sp³-hybridized carbons (Fsp3) is 0.364. The van der Waals surface area contributed by atoms with Crippen molar-refractivity contribution in [1.29, 1.82) is 0 Å². The summed E-state index contributed by atoms with van der Waals surface area (Å²) >= 11 is 1.33. The second kappa shape index (κ2) is 10.3.